The SMILES string of the molecule is CC(C)NC(=O)c1c(N)nsc1N1CCC(O)C(C)C1. The van der Waals surface area contributed by atoms with Crippen LogP contribution in [0.15, 0.2) is 0 Å². The predicted octanol–water partition coefficient (Wildman–Crippen LogP) is 1.07. The zero-order chi connectivity index (χ0) is 14.9. The van der Waals surface area contributed by atoms with Gasteiger partial charge in [0.25, 0.3) is 5.91 Å². The maximum Gasteiger partial charge on any atom is 0.258 e. The fourth-order valence-electron chi connectivity index (χ4n) is 2.37. The Morgan fingerprint density at radius 3 is 2.90 bits per heavy atom. The number of carbonyl (C=O) groups is 1. The first-order chi connectivity index (χ1) is 9.40. The maximum atomic E-state index is 12.2. The number of hydrogen-bond acceptors (Lipinski definition) is 6. The van der Waals surface area contributed by atoms with Crippen LogP contribution in [0.25, 0.3) is 0 Å². The minimum atomic E-state index is -0.274. The van der Waals surface area contributed by atoms with Crippen molar-refractivity contribution in [2.45, 2.75) is 39.3 Å². The highest BCUT2D eigenvalue weighted by molar-refractivity contribution is 7.11. The van der Waals surface area contributed by atoms with Crippen molar-refractivity contribution in [3.05, 3.63) is 5.56 Å². The van der Waals surface area contributed by atoms with E-state index in [0.717, 1.165) is 11.5 Å². The Hall–Kier alpha value is -1.34. The first kappa shape index (κ1) is 15.1. The van der Waals surface area contributed by atoms with Gasteiger partial charge in [0.2, 0.25) is 0 Å². The third-order valence-electron chi connectivity index (χ3n) is 3.49. The van der Waals surface area contributed by atoms with Gasteiger partial charge in [-0.3, -0.25) is 4.79 Å². The fourth-order valence-corrected chi connectivity index (χ4v) is 3.22. The Kier molecular flexibility index (Phi) is 4.49. The standard InChI is InChI=1S/C13H22N4O2S/c1-7(2)15-12(19)10-11(14)16-20-13(10)17-5-4-9(18)8(3)6-17/h7-9,18H,4-6H2,1-3H3,(H2,14,16)(H,15,19). The summed E-state index contributed by atoms with van der Waals surface area (Å²) in [5.74, 6) is 0.273. The Morgan fingerprint density at radius 2 is 2.30 bits per heavy atom. The molecule has 1 aromatic heterocycles. The van der Waals surface area contributed by atoms with Gasteiger partial charge in [0.05, 0.1) is 6.10 Å². The third-order valence-corrected chi connectivity index (χ3v) is 4.42. The van der Waals surface area contributed by atoms with Crippen LogP contribution in [0.3, 0.4) is 0 Å². The number of nitrogens with two attached hydrogens (primary N) is 1. The van der Waals surface area contributed by atoms with Gasteiger partial charge >= 0.3 is 0 Å². The number of hydrogen-bond donors (Lipinski definition) is 3. The number of amides is 1. The third kappa shape index (κ3) is 3.04. The van der Waals surface area contributed by atoms with Crippen molar-refractivity contribution >= 4 is 28.3 Å². The van der Waals surface area contributed by atoms with Crippen LogP contribution in [-0.4, -0.2) is 40.6 Å². The van der Waals surface area contributed by atoms with Crippen molar-refractivity contribution in [1.29, 1.82) is 0 Å². The smallest absolute Gasteiger partial charge is 0.258 e. The molecule has 20 heavy (non-hydrogen) atoms. The molecule has 2 unspecified atom stereocenters. The number of aromatic nitrogens is 1. The normalized spacial score (nSPS) is 23.1. The average Bonchev–Trinajstić information content (AvgIpc) is 2.74. The summed E-state index contributed by atoms with van der Waals surface area (Å²) in [5, 5.41) is 13.5. The largest absolute Gasteiger partial charge is 0.393 e. The lowest BCUT2D eigenvalue weighted by atomic mass is 9.97. The fraction of sp³-hybridized carbons (Fsp3) is 0.692. The average molecular weight is 298 g/mol. The quantitative estimate of drug-likeness (QED) is 0.776. The second kappa shape index (κ2) is 5.97. The molecule has 2 atom stereocenters. The van der Waals surface area contributed by atoms with Crippen molar-refractivity contribution in [3.8, 4) is 0 Å². The molecule has 1 aromatic rings. The molecule has 2 rings (SSSR count). The van der Waals surface area contributed by atoms with Crippen molar-refractivity contribution in [2.75, 3.05) is 23.7 Å². The van der Waals surface area contributed by atoms with Crippen molar-refractivity contribution < 1.29 is 9.90 Å². The molecule has 1 aliphatic rings. The molecule has 0 spiro atoms. The van der Waals surface area contributed by atoms with Gasteiger partial charge < -0.3 is 21.1 Å². The number of nitrogen functional groups attached to an aromatic ring is 1. The Morgan fingerprint density at radius 1 is 1.60 bits per heavy atom. The van der Waals surface area contributed by atoms with Crippen LogP contribution in [0.1, 0.15) is 37.6 Å². The molecule has 4 N–H and O–H groups in total. The molecule has 6 nitrogen and oxygen atoms in total. The number of anilines is 2. The number of carbonyl (C=O) groups excluding carboxylic acids is 1. The van der Waals surface area contributed by atoms with Crippen LogP contribution >= 0.6 is 11.5 Å². The van der Waals surface area contributed by atoms with E-state index in [2.05, 4.69) is 14.6 Å². The molecule has 7 heteroatoms. The number of aliphatic hydroxyl groups is 1. The highest BCUT2D eigenvalue weighted by atomic mass is 32.1. The molecule has 1 saturated heterocycles. The molecular weight excluding hydrogens is 276 g/mol. The molecule has 0 aliphatic carbocycles. The van der Waals surface area contributed by atoms with Gasteiger partial charge in [0.15, 0.2) is 5.82 Å². The summed E-state index contributed by atoms with van der Waals surface area (Å²) in [5.41, 5.74) is 6.31. The summed E-state index contributed by atoms with van der Waals surface area (Å²) in [6, 6.07) is 0.0525. The van der Waals surface area contributed by atoms with E-state index in [-0.39, 0.29) is 29.8 Å². The Balaban J connectivity index is 2.23. The molecule has 1 amide bonds. The van der Waals surface area contributed by atoms with E-state index >= 15 is 0 Å². The molecule has 0 aromatic carbocycles. The van der Waals surface area contributed by atoms with E-state index < -0.39 is 0 Å². The Labute approximate surface area is 123 Å². The number of nitrogens with zero attached hydrogens (tertiary/aromatic N) is 2. The van der Waals surface area contributed by atoms with Gasteiger partial charge in [-0.05, 0) is 37.7 Å². The first-order valence-electron chi connectivity index (χ1n) is 6.89. The van der Waals surface area contributed by atoms with Crippen molar-refractivity contribution in [3.63, 3.8) is 0 Å². The van der Waals surface area contributed by atoms with Crippen LogP contribution in [0.5, 0.6) is 0 Å². The zero-order valence-corrected chi connectivity index (χ0v) is 12.9. The molecule has 0 saturated carbocycles. The molecule has 0 radical (unpaired) electrons. The van der Waals surface area contributed by atoms with Gasteiger partial charge in [-0.1, -0.05) is 6.92 Å². The van der Waals surface area contributed by atoms with Crippen LogP contribution in [0.4, 0.5) is 10.8 Å². The first-order valence-corrected chi connectivity index (χ1v) is 7.66. The molecule has 1 fully saturated rings. The molecule has 112 valence electrons. The summed E-state index contributed by atoms with van der Waals surface area (Å²) < 4.78 is 4.12. The van der Waals surface area contributed by atoms with E-state index in [9.17, 15) is 9.90 Å². The van der Waals surface area contributed by atoms with E-state index in [1.807, 2.05) is 20.8 Å². The molecule has 2 heterocycles. The van der Waals surface area contributed by atoms with Crippen molar-refractivity contribution in [1.82, 2.24) is 9.69 Å². The summed E-state index contributed by atoms with van der Waals surface area (Å²) in [4.78, 5) is 14.3. The predicted molar refractivity (Wildman–Crippen MR) is 81.1 cm³/mol. The lowest BCUT2D eigenvalue weighted by Crippen LogP contribution is -2.42. The molecule has 0 bridgehead atoms. The maximum absolute atomic E-state index is 12.2. The summed E-state index contributed by atoms with van der Waals surface area (Å²) in [6.45, 7) is 7.26. The Bertz CT molecular complexity index is 489. The van der Waals surface area contributed by atoms with E-state index in [1.165, 1.54) is 11.5 Å². The molecule has 1 aliphatic heterocycles. The summed E-state index contributed by atoms with van der Waals surface area (Å²) >= 11 is 1.25. The van der Waals surface area contributed by atoms with Gasteiger partial charge in [-0.2, -0.15) is 4.37 Å². The summed E-state index contributed by atoms with van der Waals surface area (Å²) in [7, 11) is 0. The second-order valence-corrected chi connectivity index (χ2v) is 6.41. The van der Waals surface area contributed by atoms with E-state index in [4.69, 9.17) is 5.73 Å². The van der Waals surface area contributed by atoms with Gasteiger partial charge in [-0.15, -0.1) is 0 Å². The van der Waals surface area contributed by atoms with Gasteiger partial charge in [0, 0.05) is 19.1 Å². The van der Waals surface area contributed by atoms with Gasteiger partial charge in [0.1, 0.15) is 10.6 Å². The van der Waals surface area contributed by atoms with Crippen LogP contribution in [0, 0.1) is 5.92 Å². The van der Waals surface area contributed by atoms with Crippen molar-refractivity contribution in [2.24, 2.45) is 5.92 Å². The minimum Gasteiger partial charge on any atom is -0.393 e. The van der Waals surface area contributed by atoms with Gasteiger partial charge in [-0.25, -0.2) is 0 Å². The second-order valence-electron chi connectivity index (χ2n) is 5.66. The number of rotatable bonds is 3. The number of aliphatic hydroxyl groups excluding tert-OH is 1. The topological polar surface area (TPSA) is 91.5 Å². The van der Waals surface area contributed by atoms with Crippen LogP contribution in [0.2, 0.25) is 0 Å². The van der Waals surface area contributed by atoms with Crippen LogP contribution in [-0.2, 0) is 0 Å². The molecular formula is C13H22N4O2S. The monoisotopic (exact) mass is 298 g/mol. The lowest BCUT2D eigenvalue weighted by molar-refractivity contribution is 0.0940. The van der Waals surface area contributed by atoms with E-state index in [1.54, 1.807) is 0 Å². The number of piperidine rings is 1. The zero-order valence-electron chi connectivity index (χ0n) is 12.1. The van der Waals surface area contributed by atoms with Crippen LogP contribution < -0.4 is 16.0 Å². The van der Waals surface area contributed by atoms with E-state index in [0.29, 0.717) is 18.5 Å². The lowest BCUT2D eigenvalue weighted by Gasteiger charge is -2.35. The highest BCUT2D eigenvalue weighted by Gasteiger charge is 2.29. The number of nitrogens with one attached hydrogen (secondary N) is 1. The minimum absolute atomic E-state index is 0.0525. The summed E-state index contributed by atoms with van der Waals surface area (Å²) in [6.07, 6.45) is 0.425. The highest BCUT2D eigenvalue weighted by Crippen LogP contribution is 2.33.